The summed E-state index contributed by atoms with van der Waals surface area (Å²) in [6.45, 7) is 10.2. The van der Waals surface area contributed by atoms with E-state index in [-0.39, 0.29) is 18.0 Å². The summed E-state index contributed by atoms with van der Waals surface area (Å²) in [4.78, 5) is 14.2. The highest BCUT2D eigenvalue weighted by atomic mass is 32.2. The first kappa shape index (κ1) is 16.0. The monoisotopic (exact) mass is 336 g/mol. The molecule has 0 aromatic carbocycles. The molecule has 2 heterocycles. The second-order valence-corrected chi connectivity index (χ2v) is 9.70. The van der Waals surface area contributed by atoms with Crippen LogP contribution in [0.15, 0.2) is 12.2 Å². The van der Waals surface area contributed by atoms with Gasteiger partial charge in [-0.1, -0.05) is 19.1 Å². The van der Waals surface area contributed by atoms with Crippen molar-refractivity contribution in [1.29, 1.82) is 0 Å². The number of rotatable bonds is 2. The standard InChI is InChI=1S/C19H29NO2S/c1-13-4-3-5-19(2)11-17-14(10-16(13)19)15(18(21)22-17)12-20-6-8-23-9-7-20/h14-17H,1,3-12H2,2H3/p+1/t14-,15-,16-,17+,19-/m0/s1. The van der Waals surface area contributed by atoms with Gasteiger partial charge in [-0.2, -0.15) is 11.8 Å². The minimum atomic E-state index is 0.0959. The van der Waals surface area contributed by atoms with Crippen LogP contribution in [-0.4, -0.2) is 43.2 Å². The van der Waals surface area contributed by atoms with Crippen molar-refractivity contribution in [3.63, 3.8) is 0 Å². The Bertz CT molecular complexity index is 502. The SMILES string of the molecule is C=C1CCC[C@@]2(C)C[C@H]3OC(=O)[C@@H](C[NH+]4CCSCC4)[C@@H]3C[C@@H]12. The molecule has 5 atom stereocenters. The average Bonchev–Trinajstić information content (AvgIpc) is 2.81. The van der Waals surface area contributed by atoms with E-state index >= 15 is 0 Å². The van der Waals surface area contributed by atoms with Crippen molar-refractivity contribution >= 4 is 17.7 Å². The number of carbonyl (C=O) groups is 1. The van der Waals surface area contributed by atoms with Gasteiger partial charge in [0.25, 0.3) is 0 Å². The maximum absolute atomic E-state index is 12.5. The maximum Gasteiger partial charge on any atom is 0.315 e. The number of nitrogens with one attached hydrogen (secondary N) is 1. The molecule has 23 heavy (non-hydrogen) atoms. The fourth-order valence-electron chi connectivity index (χ4n) is 5.66. The van der Waals surface area contributed by atoms with Crippen molar-refractivity contribution in [3.8, 4) is 0 Å². The lowest BCUT2D eigenvalue weighted by atomic mass is 9.55. The Hall–Kier alpha value is -0.480. The minimum Gasteiger partial charge on any atom is -0.462 e. The number of fused-ring (bicyclic) bond motifs is 2. The number of quaternary nitrogens is 1. The number of esters is 1. The Balaban J connectivity index is 1.50. The van der Waals surface area contributed by atoms with Crippen molar-refractivity contribution in [3.05, 3.63) is 12.2 Å². The number of thioether (sulfide) groups is 1. The molecule has 4 heteroatoms. The lowest BCUT2D eigenvalue weighted by molar-refractivity contribution is -0.899. The third-order valence-corrected chi connectivity index (χ3v) is 8.01. The number of allylic oxidation sites excluding steroid dienone is 1. The number of ether oxygens (including phenoxy) is 1. The first-order valence-electron chi connectivity index (χ1n) is 9.36. The average molecular weight is 337 g/mol. The Morgan fingerprint density at radius 2 is 2.17 bits per heavy atom. The summed E-state index contributed by atoms with van der Waals surface area (Å²) >= 11 is 2.05. The molecule has 3 nitrogen and oxygen atoms in total. The van der Waals surface area contributed by atoms with E-state index < -0.39 is 0 Å². The molecule has 4 fully saturated rings. The van der Waals surface area contributed by atoms with Crippen LogP contribution in [0.1, 0.15) is 39.0 Å². The van der Waals surface area contributed by atoms with Gasteiger partial charge in [-0.3, -0.25) is 4.79 Å². The van der Waals surface area contributed by atoms with E-state index in [0.29, 0.717) is 17.3 Å². The number of hydrogen-bond donors (Lipinski definition) is 1. The molecule has 2 saturated carbocycles. The summed E-state index contributed by atoms with van der Waals surface area (Å²) in [6.07, 6.45) is 6.10. The van der Waals surface area contributed by atoms with Gasteiger partial charge < -0.3 is 9.64 Å². The summed E-state index contributed by atoms with van der Waals surface area (Å²) in [7, 11) is 0. The topological polar surface area (TPSA) is 30.7 Å². The van der Waals surface area contributed by atoms with E-state index in [4.69, 9.17) is 4.74 Å². The Morgan fingerprint density at radius 1 is 1.39 bits per heavy atom. The van der Waals surface area contributed by atoms with Crippen LogP contribution in [0.2, 0.25) is 0 Å². The first-order chi connectivity index (χ1) is 11.1. The summed E-state index contributed by atoms with van der Waals surface area (Å²) in [5.74, 6) is 3.76. The highest BCUT2D eigenvalue weighted by Crippen LogP contribution is 2.56. The molecule has 2 aliphatic heterocycles. The van der Waals surface area contributed by atoms with E-state index in [1.54, 1.807) is 4.90 Å². The third kappa shape index (κ3) is 2.86. The zero-order valence-corrected chi connectivity index (χ0v) is 15.1. The van der Waals surface area contributed by atoms with Gasteiger partial charge in [-0.15, -0.1) is 0 Å². The summed E-state index contributed by atoms with van der Waals surface area (Å²) < 4.78 is 5.88. The van der Waals surface area contributed by atoms with Crippen LogP contribution in [0.5, 0.6) is 0 Å². The smallest absolute Gasteiger partial charge is 0.315 e. The van der Waals surface area contributed by atoms with Crippen LogP contribution in [0.25, 0.3) is 0 Å². The van der Waals surface area contributed by atoms with Gasteiger partial charge in [-0.05, 0) is 43.4 Å². The maximum atomic E-state index is 12.5. The summed E-state index contributed by atoms with van der Waals surface area (Å²) in [5.41, 5.74) is 1.76. The molecule has 4 rings (SSSR count). The predicted octanol–water partition coefficient (Wildman–Crippen LogP) is 1.93. The van der Waals surface area contributed by atoms with Crippen LogP contribution >= 0.6 is 11.8 Å². The van der Waals surface area contributed by atoms with Crippen molar-refractivity contribution in [2.75, 3.05) is 31.1 Å². The van der Waals surface area contributed by atoms with Crippen LogP contribution in [-0.2, 0) is 9.53 Å². The van der Waals surface area contributed by atoms with E-state index in [1.165, 1.54) is 49.4 Å². The Labute approximate surface area is 144 Å². The van der Waals surface area contributed by atoms with E-state index in [0.717, 1.165) is 19.4 Å². The first-order valence-corrected chi connectivity index (χ1v) is 10.5. The van der Waals surface area contributed by atoms with Crippen LogP contribution < -0.4 is 4.90 Å². The molecule has 1 N–H and O–H groups in total. The molecule has 2 saturated heterocycles. The highest BCUT2D eigenvalue weighted by Gasteiger charge is 2.55. The Kier molecular flexibility index (Phi) is 4.25. The molecule has 128 valence electrons. The van der Waals surface area contributed by atoms with Gasteiger partial charge in [-0.25, -0.2) is 0 Å². The summed E-state index contributed by atoms with van der Waals surface area (Å²) in [6, 6.07) is 0. The third-order valence-electron chi connectivity index (χ3n) is 7.03. The molecule has 0 amide bonds. The zero-order valence-electron chi connectivity index (χ0n) is 14.3. The van der Waals surface area contributed by atoms with Gasteiger partial charge in [0.15, 0.2) is 0 Å². The van der Waals surface area contributed by atoms with Crippen molar-refractivity contribution in [2.24, 2.45) is 23.2 Å². The van der Waals surface area contributed by atoms with Gasteiger partial charge in [0, 0.05) is 17.4 Å². The molecular weight excluding hydrogens is 306 g/mol. The Morgan fingerprint density at radius 3 is 2.96 bits per heavy atom. The van der Waals surface area contributed by atoms with E-state index in [9.17, 15) is 4.79 Å². The van der Waals surface area contributed by atoms with Crippen molar-refractivity contribution < 1.29 is 14.4 Å². The fraction of sp³-hybridized carbons (Fsp3) is 0.842. The lowest BCUT2D eigenvalue weighted by Crippen LogP contribution is -3.14. The second kappa shape index (κ2) is 6.11. The van der Waals surface area contributed by atoms with E-state index in [2.05, 4.69) is 13.5 Å². The molecule has 0 bridgehead atoms. The molecule has 2 aliphatic carbocycles. The largest absolute Gasteiger partial charge is 0.462 e. The van der Waals surface area contributed by atoms with Gasteiger partial charge in [0.1, 0.15) is 12.0 Å². The number of hydrogen-bond acceptors (Lipinski definition) is 3. The minimum absolute atomic E-state index is 0.0959. The fourth-order valence-corrected chi connectivity index (χ4v) is 6.73. The van der Waals surface area contributed by atoms with Crippen LogP contribution in [0.3, 0.4) is 0 Å². The summed E-state index contributed by atoms with van der Waals surface area (Å²) in [5, 5.41) is 0. The van der Waals surface area contributed by atoms with Gasteiger partial charge in [0.05, 0.1) is 19.6 Å². The van der Waals surface area contributed by atoms with Gasteiger partial charge in [0.2, 0.25) is 0 Å². The van der Waals surface area contributed by atoms with Crippen LogP contribution in [0.4, 0.5) is 0 Å². The molecule has 0 spiro atoms. The van der Waals surface area contributed by atoms with Crippen molar-refractivity contribution in [2.45, 2.75) is 45.1 Å². The lowest BCUT2D eigenvalue weighted by Gasteiger charge is -2.50. The molecule has 4 aliphatic rings. The second-order valence-electron chi connectivity index (χ2n) is 8.47. The highest BCUT2D eigenvalue weighted by molar-refractivity contribution is 7.99. The number of carbonyl (C=O) groups excluding carboxylic acids is 1. The van der Waals surface area contributed by atoms with Crippen LogP contribution in [0, 0.1) is 23.2 Å². The van der Waals surface area contributed by atoms with Gasteiger partial charge >= 0.3 is 5.97 Å². The predicted molar refractivity (Wildman–Crippen MR) is 93.6 cm³/mol. The molecule has 0 unspecified atom stereocenters. The molecular formula is C19H30NO2S+. The van der Waals surface area contributed by atoms with E-state index in [1.807, 2.05) is 11.8 Å². The zero-order chi connectivity index (χ0) is 16.0. The quantitative estimate of drug-likeness (QED) is 0.617. The van der Waals surface area contributed by atoms with Crippen molar-refractivity contribution in [1.82, 2.24) is 0 Å². The molecule has 0 aromatic rings. The normalized spacial score (nSPS) is 44.6. The molecule has 0 radical (unpaired) electrons. The molecule has 0 aromatic heterocycles.